The molecular formula is C28H26O9. The summed E-state index contributed by atoms with van der Waals surface area (Å²) in [6.45, 7) is 2.53. The monoisotopic (exact) mass is 506 g/mol. The molecule has 0 saturated heterocycles. The molecule has 3 aromatic carbocycles. The summed E-state index contributed by atoms with van der Waals surface area (Å²) in [5, 5.41) is 0. The fourth-order valence-corrected chi connectivity index (χ4v) is 4.11. The van der Waals surface area contributed by atoms with Gasteiger partial charge in [0, 0.05) is 31.0 Å². The molecule has 0 N–H and O–H groups in total. The number of rotatable bonds is 7. The van der Waals surface area contributed by atoms with Crippen LogP contribution in [-0.2, 0) is 19.1 Å². The number of hydrogen-bond donors (Lipinski definition) is 0. The molecule has 0 unspecified atom stereocenters. The lowest BCUT2D eigenvalue weighted by atomic mass is 9.91. The number of fused-ring (bicyclic) bond motifs is 1. The van der Waals surface area contributed by atoms with Gasteiger partial charge in [-0.25, -0.2) is 4.79 Å². The molecular weight excluding hydrogens is 480 g/mol. The summed E-state index contributed by atoms with van der Waals surface area (Å²) >= 11 is 0. The summed E-state index contributed by atoms with van der Waals surface area (Å²) in [6, 6.07) is 18.4. The van der Waals surface area contributed by atoms with Gasteiger partial charge >= 0.3 is 17.9 Å². The van der Waals surface area contributed by atoms with E-state index < -0.39 is 36.2 Å². The van der Waals surface area contributed by atoms with Crippen LogP contribution in [0.1, 0.15) is 47.5 Å². The zero-order chi connectivity index (χ0) is 26.5. The van der Waals surface area contributed by atoms with E-state index in [0.717, 1.165) is 0 Å². The minimum atomic E-state index is -1.01. The van der Waals surface area contributed by atoms with E-state index in [1.54, 1.807) is 60.7 Å². The Morgan fingerprint density at radius 2 is 1.49 bits per heavy atom. The molecule has 0 radical (unpaired) electrons. The van der Waals surface area contributed by atoms with Gasteiger partial charge in [0.25, 0.3) is 0 Å². The number of carbonyl (C=O) groups excluding carboxylic acids is 3. The molecule has 192 valence electrons. The molecule has 3 atom stereocenters. The lowest BCUT2D eigenvalue weighted by Gasteiger charge is -2.38. The highest BCUT2D eigenvalue weighted by Crippen LogP contribution is 2.47. The number of ether oxygens (including phenoxy) is 6. The second-order valence-electron chi connectivity index (χ2n) is 8.21. The predicted molar refractivity (Wildman–Crippen MR) is 131 cm³/mol. The molecule has 4 rings (SSSR count). The summed E-state index contributed by atoms with van der Waals surface area (Å²) in [5.74, 6) is -0.224. The molecule has 1 aliphatic rings. The minimum absolute atomic E-state index is 0.228. The van der Waals surface area contributed by atoms with Crippen LogP contribution in [0.4, 0.5) is 0 Å². The van der Waals surface area contributed by atoms with Crippen molar-refractivity contribution in [2.24, 2.45) is 0 Å². The van der Waals surface area contributed by atoms with Crippen molar-refractivity contribution < 1.29 is 42.8 Å². The van der Waals surface area contributed by atoms with Crippen LogP contribution in [-0.4, -0.2) is 38.2 Å². The average molecular weight is 507 g/mol. The second kappa shape index (κ2) is 11.0. The molecule has 3 aromatic rings. The summed E-state index contributed by atoms with van der Waals surface area (Å²) in [7, 11) is 3.01. The zero-order valence-electron chi connectivity index (χ0n) is 20.8. The van der Waals surface area contributed by atoms with Crippen LogP contribution < -0.4 is 18.9 Å². The van der Waals surface area contributed by atoms with Gasteiger partial charge in [-0.15, -0.1) is 0 Å². The van der Waals surface area contributed by atoms with Crippen molar-refractivity contribution in [2.45, 2.75) is 32.2 Å². The maximum atomic E-state index is 12.6. The van der Waals surface area contributed by atoms with Crippen molar-refractivity contribution in [3.8, 4) is 23.0 Å². The van der Waals surface area contributed by atoms with Crippen LogP contribution >= 0.6 is 0 Å². The highest BCUT2D eigenvalue weighted by Gasteiger charge is 2.44. The summed E-state index contributed by atoms with van der Waals surface area (Å²) in [6.07, 6.45) is -2.88. The first-order chi connectivity index (χ1) is 17.8. The summed E-state index contributed by atoms with van der Waals surface area (Å²) in [4.78, 5) is 36.7. The van der Waals surface area contributed by atoms with Gasteiger partial charge in [-0.1, -0.05) is 24.3 Å². The Morgan fingerprint density at radius 3 is 2.14 bits per heavy atom. The van der Waals surface area contributed by atoms with Gasteiger partial charge in [-0.3, -0.25) is 9.59 Å². The largest absolute Gasteiger partial charge is 0.493 e. The van der Waals surface area contributed by atoms with Crippen LogP contribution in [0, 0.1) is 0 Å². The first-order valence-electron chi connectivity index (χ1n) is 11.4. The van der Waals surface area contributed by atoms with E-state index in [4.69, 9.17) is 28.4 Å². The lowest BCUT2D eigenvalue weighted by molar-refractivity contribution is -0.178. The smallest absolute Gasteiger partial charge is 0.343 e. The zero-order valence-corrected chi connectivity index (χ0v) is 20.8. The lowest BCUT2D eigenvalue weighted by Crippen LogP contribution is -2.39. The van der Waals surface area contributed by atoms with Crippen molar-refractivity contribution in [3.05, 3.63) is 83.4 Å². The number of carbonyl (C=O) groups is 3. The summed E-state index contributed by atoms with van der Waals surface area (Å²) < 4.78 is 33.8. The maximum Gasteiger partial charge on any atom is 0.343 e. The third-order valence-electron chi connectivity index (χ3n) is 5.69. The van der Waals surface area contributed by atoms with Crippen LogP contribution in [0.25, 0.3) is 0 Å². The van der Waals surface area contributed by atoms with E-state index in [-0.39, 0.29) is 5.75 Å². The number of benzene rings is 3. The molecule has 0 bridgehead atoms. The third-order valence-corrected chi connectivity index (χ3v) is 5.69. The van der Waals surface area contributed by atoms with Crippen LogP contribution in [0.2, 0.25) is 0 Å². The van der Waals surface area contributed by atoms with Crippen molar-refractivity contribution >= 4 is 17.9 Å². The molecule has 0 aliphatic carbocycles. The molecule has 37 heavy (non-hydrogen) atoms. The Bertz CT molecular complexity index is 1300. The Hall–Kier alpha value is -4.53. The van der Waals surface area contributed by atoms with Gasteiger partial charge in [0.2, 0.25) is 0 Å². The normalized spacial score (nSPS) is 18.0. The Balaban J connectivity index is 1.76. The van der Waals surface area contributed by atoms with Crippen molar-refractivity contribution in [3.63, 3.8) is 0 Å². The number of hydrogen-bond acceptors (Lipinski definition) is 9. The Labute approximate surface area is 213 Å². The van der Waals surface area contributed by atoms with Crippen LogP contribution in [0.15, 0.2) is 66.7 Å². The van der Waals surface area contributed by atoms with E-state index in [0.29, 0.717) is 33.9 Å². The van der Waals surface area contributed by atoms with E-state index in [1.165, 1.54) is 34.1 Å². The number of esters is 3. The van der Waals surface area contributed by atoms with Gasteiger partial charge in [0.05, 0.1) is 19.8 Å². The van der Waals surface area contributed by atoms with Gasteiger partial charge in [0.15, 0.2) is 29.8 Å². The molecule has 9 heteroatoms. The highest BCUT2D eigenvalue weighted by atomic mass is 16.6. The quantitative estimate of drug-likeness (QED) is 0.336. The molecule has 1 aliphatic heterocycles. The van der Waals surface area contributed by atoms with Crippen LogP contribution in [0.3, 0.4) is 0 Å². The van der Waals surface area contributed by atoms with E-state index >= 15 is 0 Å². The molecule has 0 aromatic heterocycles. The van der Waals surface area contributed by atoms with Gasteiger partial charge in [0.1, 0.15) is 11.5 Å². The predicted octanol–water partition coefficient (Wildman–Crippen LogP) is 4.59. The standard InChI is InChI=1S/C28H26O9/c1-16(29)34-26-21-12-11-20(36-28(31)18-8-6-5-7-9-18)15-23(21)37-25(27(26)35-17(2)30)19-10-13-22(32-3)24(14-19)33-4/h5-15,25-27H,1-4H3/t25-,26-,27-/m1/s1. The van der Waals surface area contributed by atoms with E-state index in [1.807, 2.05) is 0 Å². The Morgan fingerprint density at radius 1 is 0.784 bits per heavy atom. The summed E-state index contributed by atoms with van der Waals surface area (Å²) in [5.41, 5.74) is 1.42. The van der Waals surface area contributed by atoms with Gasteiger partial charge in [-0.05, 0) is 36.4 Å². The molecule has 0 saturated carbocycles. The molecule has 0 amide bonds. The first kappa shape index (κ1) is 25.6. The van der Waals surface area contributed by atoms with Crippen LogP contribution in [0.5, 0.6) is 23.0 Å². The Kier molecular flexibility index (Phi) is 7.62. The van der Waals surface area contributed by atoms with Gasteiger partial charge < -0.3 is 28.4 Å². The molecule has 0 spiro atoms. The van der Waals surface area contributed by atoms with E-state index in [2.05, 4.69) is 0 Å². The van der Waals surface area contributed by atoms with Gasteiger partial charge in [-0.2, -0.15) is 0 Å². The maximum absolute atomic E-state index is 12.6. The average Bonchev–Trinajstić information content (AvgIpc) is 2.89. The van der Waals surface area contributed by atoms with E-state index in [9.17, 15) is 14.4 Å². The first-order valence-corrected chi connectivity index (χ1v) is 11.4. The van der Waals surface area contributed by atoms with Crippen molar-refractivity contribution in [1.82, 2.24) is 0 Å². The SMILES string of the molecule is COc1ccc([C@H]2Oc3cc(OC(=O)c4ccccc4)ccc3[C@@H](OC(C)=O)[C@@H]2OC(C)=O)cc1OC. The topological polar surface area (TPSA) is 107 Å². The van der Waals surface area contributed by atoms with Crippen molar-refractivity contribution in [2.75, 3.05) is 14.2 Å². The second-order valence-corrected chi connectivity index (χ2v) is 8.21. The van der Waals surface area contributed by atoms with Crippen molar-refractivity contribution in [1.29, 1.82) is 0 Å². The number of methoxy groups -OCH3 is 2. The highest BCUT2D eigenvalue weighted by molar-refractivity contribution is 5.91. The fraction of sp³-hybridized carbons (Fsp3) is 0.250. The third kappa shape index (κ3) is 5.66. The molecule has 9 nitrogen and oxygen atoms in total. The fourth-order valence-electron chi connectivity index (χ4n) is 4.11. The molecule has 0 fully saturated rings. The minimum Gasteiger partial charge on any atom is -0.493 e. The molecule has 1 heterocycles.